The molecule has 0 unspecified atom stereocenters. The molecule has 0 radical (unpaired) electrons. The Morgan fingerprint density at radius 2 is 1.96 bits per heavy atom. The van der Waals surface area contributed by atoms with Crippen LogP contribution in [0, 0.1) is 0 Å². The molecule has 2 aromatic carbocycles. The zero-order chi connectivity index (χ0) is 16.7. The van der Waals surface area contributed by atoms with Gasteiger partial charge in [0.05, 0.1) is 5.69 Å². The van der Waals surface area contributed by atoms with Gasteiger partial charge in [-0.3, -0.25) is 4.79 Å². The minimum atomic E-state index is -0.712. The molecule has 1 N–H and O–H groups in total. The summed E-state index contributed by atoms with van der Waals surface area (Å²) in [5.74, 6) is 0.631. The lowest BCUT2D eigenvalue weighted by atomic mass is 9.80. The maximum absolute atomic E-state index is 13.6. The molecule has 24 heavy (non-hydrogen) atoms. The average molecular weight is 336 g/mol. The third-order valence-electron chi connectivity index (χ3n) is 5.58. The Morgan fingerprint density at radius 3 is 2.75 bits per heavy atom. The Kier molecular flexibility index (Phi) is 2.62. The highest BCUT2D eigenvalue weighted by Crippen LogP contribution is 2.61. The molecule has 0 fully saturated rings. The molecule has 3 nitrogen and oxygen atoms in total. The second kappa shape index (κ2) is 4.37. The van der Waals surface area contributed by atoms with E-state index in [4.69, 9.17) is 0 Å². The van der Waals surface area contributed by atoms with Crippen LogP contribution < -0.4 is 10.2 Å². The molecule has 2 aromatic rings. The summed E-state index contributed by atoms with van der Waals surface area (Å²) in [5.41, 5.74) is 4.44. The molecule has 122 valence electrons. The van der Waals surface area contributed by atoms with Gasteiger partial charge in [0.2, 0.25) is 0 Å². The van der Waals surface area contributed by atoms with Crippen LogP contribution in [-0.4, -0.2) is 11.4 Å². The van der Waals surface area contributed by atoms with Crippen molar-refractivity contribution in [2.45, 2.75) is 48.4 Å². The van der Waals surface area contributed by atoms with Crippen molar-refractivity contribution in [2.24, 2.45) is 0 Å². The molecule has 2 atom stereocenters. The lowest BCUT2D eigenvalue weighted by Crippen LogP contribution is -2.53. The number of benzene rings is 2. The van der Waals surface area contributed by atoms with Crippen molar-refractivity contribution in [3.8, 4) is 0 Å². The van der Waals surface area contributed by atoms with Crippen LogP contribution in [0.3, 0.4) is 0 Å². The third kappa shape index (κ3) is 1.57. The monoisotopic (exact) mass is 336 g/mol. The molecule has 4 heteroatoms. The smallest absolute Gasteiger partial charge is 0.268 e. The van der Waals surface area contributed by atoms with Crippen molar-refractivity contribution in [3.63, 3.8) is 0 Å². The van der Waals surface area contributed by atoms with Gasteiger partial charge in [-0.05, 0) is 43.9 Å². The van der Waals surface area contributed by atoms with Crippen molar-refractivity contribution >= 4 is 29.0 Å². The van der Waals surface area contributed by atoms with Gasteiger partial charge in [0, 0.05) is 21.7 Å². The molecule has 0 saturated heterocycles. The standard InChI is InChI=1S/C20H20N2OS/c1-12-11-19(2,3)22-17-13(12)7-6-8-14(17)20(18(22)23)21-15-9-4-5-10-16(15)24-20/h4-10,12,21H,11H2,1-3H3/t12-,20-/m0/s1. The SMILES string of the molecule is C[C@H]1CC(C)(C)N2C(=O)[C@]3(Nc4ccccc4S3)c3cccc1c32. The highest BCUT2D eigenvalue weighted by Gasteiger charge is 2.60. The van der Waals surface area contributed by atoms with Crippen LogP contribution in [0.25, 0.3) is 0 Å². The Morgan fingerprint density at radius 1 is 1.17 bits per heavy atom. The van der Waals surface area contributed by atoms with Gasteiger partial charge in [-0.1, -0.05) is 49.0 Å². The fourth-order valence-corrected chi connectivity index (χ4v) is 5.97. The molecule has 0 saturated carbocycles. The summed E-state index contributed by atoms with van der Waals surface area (Å²) >= 11 is 1.65. The van der Waals surface area contributed by atoms with E-state index >= 15 is 0 Å². The highest BCUT2D eigenvalue weighted by molar-refractivity contribution is 8.01. The quantitative estimate of drug-likeness (QED) is 0.757. The van der Waals surface area contributed by atoms with Crippen molar-refractivity contribution in [3.05, 3.63) is 53.6 Å². The van der Waals surface area contributed by atoms with Crippen LogP contribution in [0.5, 0.6) is 0 Å². The van der Waals surface area contributed by atoms with Gasteiger partial charge < -0.3 is 10.2 Å². The number of thioether (sulfide) groups is 1. The summed E-state index contributed by atoms with van der Waals surface area (Å²) in [6.45, 7) is 6.65. The van der Waals surface area contributed by atoms with Gasteiger partial charge in [-0.15, -0.1) is 0 Å². The second-order valence-corrected chi connectivity index (χ2v) is 8.96. The second-order valence-electron chi connectivity index (χ2n) is 7.71. The van der Waals surface area contributed by atoms with E-state index in [0.717, 1.165) is 28.3 Å². The molecular weight excluding hydrogens is 316 g/mol. The van der Waals surface area contributed by atoms with E-state index in [1.807, 2.05) is 12.1 Å². The molecule has 3 aliphatic heterocycles. The predicted octanol–water partition coefficient (Wildman–Crippen LogP) is 4.69. The van der Waals surface area contributed by atoms with Crippen molar-refractivity contribution < 1.29 is 4.79 Å². The molecule has 0 aromatic heterocycles. The number of amides is 1. The van der Waals surface area contributed by atoms with Crippen LogP contribution in [0.1, 0.15) is 44.2 Å². The van der Waals surface area contributed by atoms with Gasteiger partial charge in [-0.2, -0.15) is 0 Å². The zero-order valence-corrected chi connectivity index (χ0v) is 14.9. The first kappa shape index (κ1) is 14.4. The summed E-state index contributed by atoms with van der Waals surface area (Å²) in [7, 11) is 0. The number of para-hydroxylation sites is 2. The van der Waals surface area contributed by atoms with Crippen molar-refractivity contribution in [1.82, 2.24) is 0 Å². The van der Waals surface area contributed by atoms with Gasteiger partial charge in [0.1, 0.15) is 0 Å². The fourth-order valence-electron chi connectivity index (χ4n) is 4.65. The van der Waals surface area contributed by atoms with Crippen molar-refractivity contribution in [2.75, 3.05) is 10.2 Å². The molecule has 5 rings (SSSR count). The predicted molar refractivity (Wildman–Crippen MR) is 98.6 cm³/mol. The summed E-state index contributed by atoms with van der Waals surface area (Å²) in [5, 5.41) is 3.56. The largest absolute Gasteiger partial charge is 0.358 e. The Balaban J connectivity index is 1.77. The lowest BCUT2D eigenvalue weighted by Gasteiger charge is -2.44. The van der Waals surface area contributed by atoms with Gasteiger partial charge in [0.25, 0.3) is 5.91 Å². The molecule has 0 aliphatic carbocycles. The van der Waals surface area contributed by atoms with Crippen LogP contribution in [-0.2, 0) is 9.67 Å². The van der Waals surface area contributed by atoms with Crippen LogP contribution in [0.2, 0.25) is 0 Å². The van der Waals surface area contributed by atoms with Gasteiger partial charge >= 0.3 is 0 Å². The fraction of sp³-hybridized carbons (Fsp3) is 0.350. The topological polar surface area (TPSA) is 32.3 Å². The van der Waals surface area contributed by atoms with E-state index in [2.05, 4.69) is 61.3 Å². The molecule has 1 amide bonds. The van der Waals surface area contributed by atoms with E-state index < -0.39 is 4.87 Å². The zero-order valence-electron chi connectivity index (χ0n) is 14.1. The number of hydrogen-bond acceptors (Lipinski definition) is 3. The van der Waals surface area contributed by atoms with Crippen LogP contribution in [0.15, 0.2) is 47.4 Å². The molecule has 0 bridgehead atoms. The third-order valence-corrected chi connectivity index (χ3v) is 6.96. The maximum Gasteiger partial charge on any atom is 0.268 e. The van der Waals surface area contributed by atoms with Crippen molar-refractivity contribution in [1.29, 1.82) is 0 Å². The maximum atomic E-state index is 13.6. The minimum Gasteiger partial charge on any atom is -0.358 e. The molecule has 3 heterocycles. The number of carbonyl (C=O) groups is 1. The normalized spacial score (nSPS) is 28.7. The Bertz CT molecular complexity index is 864. The highest BCUT2D eigenvalue weighted by atomic mass is 32.2. The van der Waals surface area contributed by atoms with E-state index in [1.165, 1.54) is 5.56 Å². The number of carbonyl (C=O) groups excluding carboxylic acids is 1. The number of anilines is 2. The first-order chi connectivity index (χ1) is 11.4. The number of hydrogen-bond donors (Lipinski definition) is 1. The summed E-state index contributed by atoms with van der Waals surface area (Å²) < 4.78 is 0. The summed E-state index contributed by atoms with van der Waals surface area (Å²) in [6.07, 6.45) is 0.989. The Hall–Kier alpha value is -1.94. The van der Waals surface area contributed by atoms with E-state index in [-0.39, 0.29) is 11.4 Å². The lowest BCUT2D eigenvalue weighted by molar-refractivity contribution is -0.120. The first-order valence-electron chi connectivity index (χ1n) is 8.48. The van der Waals surface area contributed by atoms with E-state index in [0.29, 0.717) is 5.92 Å². The van der Waals surface area contributed by atoms with Gasteiger partial charge in [-0.25, -0.2) is 0 Å². The molecular formula is C20H20N2OS. The first-order valence-corrected chi connectivity index (χ1v) is 9.30. The number of rotatable bonds is 0. The number of nitrogens with one attached hydrogen (secondary N) is 1. The summed E-state index contributed by atoms with van der Waals surface area (Å²) in [6, 6.07) is 14.6. The molecule has 1 spiro atoms. The number of nitrogens with zero attached hydrogens (tertiary/aromatic N) is 1. The average Bonchev–Trinajstić information content (AvgIpc) is 3.04. The molecule has 3 aliphatic rings. The summed E-state index contributed by atoms with van der Waals surface area (Å²) in [4.78, 5) is 16.1. The van der Waals surface area contributed by atoms with E-state index in [1.54, 1.807) is 11.8 Å². The number of fused-ring (bicyclic) bond motifs is 2. The Labute approximate surface area is 146 Å². The van der Waals surface area contributed by atoms with Crippen LogP contribution >= 0.6 is 11.8 Å². The van der Waals surface area contributed by atoms with Crippen LogP contribution in [0.4, 0.5) is 11.4 Å². The minimum absolute atomic E-state index is 0.167. The van der Waals surface area contributed by atoms with Gasteiger partial charge in [0.15, 0.2) is 4.87 Å². The van der Waals surface area contributed by atoms with E-state index in [9.17, 15) is 4.79 Å².